The Kier molecular flexibility index (Phi) is 6.42. The topological polar surface area (TPSA) is 148 Å². The van der Waals surface area contributed by atoms with E-state index in [4.69, 9.17) is 11.5 Å². The molecule has 10 nitrogen and oxygen atoms in total. The first kappa shape index (κ1) is 21.7. The molecule has 0 fully saturated rings. The van der Waals surface area contributed by atoms with Crippen molar-refractivity contribution in [2.75, 3.05) is 12.8 Å². The highest BCUT2D eigenvalue weighted by molar-refractivity contribution is 7.90. The second kappa shape index (κ2) is 9.19. The first-order valence-electron chi connectivity index (χ1n) is 9.05. The lowest BCUT2D eigenvalue weighted by atomic mass is 10.2. The van der Waals surface area contributed by atoms with E-state index in [0.29, 0.717) is 18.5 Å². The van der Waals surface area contributed by atoms with E-state index in [0.717, 1.165) is 3.97 Å². The molecule has 0 aliphatic carbocycles. The summed E-state index contributed by atoms with van der Waals surface area (Å²) in [7, 11) is -2.54. The Morgan fingerprint density at radius 1 is 1.26 bits per heavy atom. The first-order chi connectivity index (χ1) is 14.8. The van der Waals surface area contributed by atoms with Gasteiger partial charge in [0.2, 0.25) is 0 Å². The molecule has 3 rings (SSSR count). The second-order valence-electron chi connectivity index (χ2n) is 6.28. The zero-order chi connectivity index (χ0) is 22.4. The van der Waals surface area contributed by atoms with E-state index in [2.05, 4.69) is 26.9 Å². The molecule has 0 saturated heterocycles. The van der Waals surface area contributed by atoms with E-state index in [-0.39, 0.29) is 22.1 Å². The molecular weight excluding hydrogens is 420 g/mol. The number of nitrogens with two attached hydrogens (primary N) is 2. The SMILES string of the molecule is COC(=O)c1cn(CCC#C/C(N)=C/c2ccn(S(=O)(=O)c3ccccc3)c2N)nn1. The molecule has 0 radical (unpaired) electrons. The van der Waals surface area contributed by atoms with Crippen molar-refractivity contribution in [3.8, 4) is 11.8 Å². The lowest BCUT2D eigenvalue weighted by Crippen LogP contribution is -2.14. The molecule has 1 aromatic carbocycles. The summed E-state index contributed by atoms with van der Waals surface area (Å²) in [5.41, 5.74) is 12.7. The zero-order valence-electron chi connectivity index (χ0n) is 16.6. The number of aryl methyl sites for hydroxylation is 1. The number of carbonyl (C=O) groups excluding carboxylic acids is 1. The van der Waals surface area contributed by atoms with Crippen LogP contribution in [0.5, 0.6) is 0 Å². The first-order valence-corrected chi connectivity index (χ1v) is 10.5. The molecule has 0 bridgehead atoms. The fraction of sp³-hybridized carbons (Fsp3) is 0.150. The average molecular weight is 440 g/mol. The minimum Gasteiger partial charge on any atom is -0.464 e. The lowest BCUT2D eigenvalue weighted by molar-refractivity contribution is 0.0594. The summed E-state index contributed by atoms with van der Waals surface area (Å²) < 4.78 is 32.5. The highest BCUT2D eigenvalue weighted by Gasteiger charge is 2.19. The van der Waals surface area contributed by atoms with Gasteiger partial charge < -0.3 is 16.2 Å². The van der Waals surface area contributed by atoms with Crippen LogP contribution in [0.3, 0.4) is 0 Å². The van der Waals surface area contributed by atoms with E-state index in [1.54, 1.807) is 24.3 Å². The molecule has 4 N–H and O–H groups in total. The highest BCUT2D eigenvalue weighted by Crippen LogP contribution is 2.22. The summed E-state index contributed by atoms with van der Waals surface area (Å²) in [6, 6.07) is 9.54. The van der Waals surface area contributed by atoms with Crippen LogP contribution in [0.25, 0.3) is 6.08 Å². The molecule has 2 aromatic heterocycles. The Morgan fingerprint density at radius 3 is 2.71 bits per heavy atom. The van der Waals surface area contributed by atoms with E-state index in [1.165, 1.54) is 42.4 Å². The largest absolute Gasteiger partial charge is 0.464 e. The van der Waals surface area contributed by atoms with Crippen LogP contribution in [0.4, 0.5) is 5.82 Å². The van der Waals surface area contributed by atoms with Gasteiger partial charge in [0.25, 0.3) is 10.0 Å². The number of esters is 1. The Bertz CT molecular complexity index is 1280. The van der Waals surface area contributed by atoms with Gasteiger partial charge in [-0.05, 0) is 30.2 Å². The van der Waals surface area contributed by atoms with E-state index >= 15 is 0 Å². The standard InChI is InChI=1S/C20H20N6O4S/c1-30-20(27)18-14-25(24-23-18)11-6-5-7-16(21)13-15-10-12-26(19(15)22)31(28,29)17-8-3-2-4-9-17/h2-4,8-10,12-14H,6,11,21-22H2,1H3/b16-13-. The number of methoxy groups -OCH3 is 1. The van der Waals surface area contributed by atoms with Crippen LogP contribution in [0.1, 0.15) is 22.5 Å². The van der Waals surface area contributed by atoms with Gasteiger partial charge in [0, 0.05) is 18.2 Å². The van der Waals surface area contributed by atoms with Crippen LogP contribution in [-0.2, 0) is 21.3 Å². The highest BCUT2D eigenvalue weighted by atomic mass is 32.2. The monoisotopic (exact) mass is 440 g/mol. The minimum absolute atomic E-state index is 0.0339. The van der Waals surface area contributed by atoms with Crippen molar-refractivity contribution in [3.63, 3.8) is 0 Å². The van der Waals surface area contributed by atoms with Crippen molar-refractivity contribution >= 4 is 27.9 Å². The molecule has 31 heavy (non-hydrogen) atoms. The lowest BCUT2D eigenvalue weighted by Gasteiger charge is -2.08. The van der Waals surface area contributed by atoms with Crippen LogP contribution in [0.15, 0.2) is 59.4 Å². The van der Waals surface area contributed by atoms with Crippen molar-refractivity contribution in [3.05, 3.63) is 65.7 Å². The number of hydrogen-bond donors (Lipinski definition) is 2. The number of hydrogen-bond acceptors (Lipinski definition) is 8. The third-order valence-corrected chi connectivity index (χ3v) is 5.87. The summed E-state index contributed by atoms with van der Waals surface area (Å²) >= 11 is 0. The Hall–Kier alpha value is -4.04. The zero-order valence-corrected chi connectivity index (χ0v) is 17.4. The second-order valence-corrected chi connectivity index (χ2v) is 8.10. The van der Waals surface area contributed by atoms with Crippen LogP contribution < -0.4 is 11.5 Å². The van der Waals surface area contributed by atoms with Crippen LogP contribution in [0, 0.1) is 11.8 Å². The summed E-state index contributed by atoms with van der Waals surface area (Å²) in [6.45, 7) is 0.401. The van der Waals surface area contributed by atoms with Gasteiger partial charge in [-0.15, -0.1) is 5.10 Å². The molecule has 0 unspecified atom stereocenters. The Balaban J connectivity index is 1.68. The van der Waals surface area contributed by atoms with Gasteiger partial charge in [-0.1, -0.05) is 29.3 Å². The van der Waals surface area contributed by atoms with Crippen molar-refractivity contribution in [2.24, 2.45) is 5.73 Å². The normalized spacial score (nSPS) is 11.6. The molecule has 0 aliphatic rings. The number of nitrogen functional groups attached to an aromatic ring is 1. The van der Waals surface area contributed by atoms with Gasteiger partial charge in [-0.2, -0.15) is 0 Å². The van der Waals surface area contributed by atoms with Gasteiger partial charge >= 0.3 is 5.97 Å². The summed E-state index contributed by atoms with van der Waals surface area (Å²) in [6.07, 6.45) is 4.73. The maximum atomic E-state index is 12.7. The molecular formula is C20H20N6O4S. The number of aromatic nitrogens is 4. The predicted octanol–water partition coefficient (Wildman–Crippen LogP) is 1.08. The smallest absolute Gasteiger partial charge is 0.360 e. The molecule has 3 aromatic rings. The average Bonchev–Trinajstić information content (AvgIpc) is 3.39. The third-order valence-electron chi connectivity index (χ3n) is 4.17. The van der Waals surface area contributed by atoms with Gasteiger partial charge in [-0.25, -0.2) is 17.2 Å². The van der Waals surface area contributed by atoms with Crippen molar-refractivity contribution in [1.82, 2.24) is 19.0 Å². The molecule has 0 spiro atoms. The molecule has 11 heteroatoms. The summed E-state index contributed by atoms with van der Waals surface area (Å²) in [5, 5.41) is 7.51. The van der Waals surface area contributed by atoms with Gasteiger partial charge in [0.1, 0.15) is 5.82 Å². The molecule has 2 heterocycles. The number of allylic oxidation sites excluding steroid dienone is 1. The number of ether oxygens (including phenoxy) is 1. The van der Waals surface area contributed by atoms with Crippen molar-refractivity contribution < 1.29 is 17.9 Å². The third kappa shape index (κ3) is 4.93. The molecule has 0 amide bonds. The molecule has 160 valence electrons. The maximum Gasteiger partial charge on any atom is 0.360 e. The number of nitrogens with zero attached hydrogens (tertiary/aromatic N) is 4. The van der Waals surface area contributed by atoms with Gasteiger partial charge in [0.15, 0.2) is 5.69 Å². The van der Waals surface area contributed by atoms with Crippen LogP contribution in [-0.4, -0.2) is 40.5 Å². The molecule has 0 aliphatic heterocycles. The number of rotatable bonds is 6. The quantitative estimate of drug-likeness (QED) is 0.427. The molecule has 0 saturated carbocycles. The van der Waals surface area contributed by atoms with E-state index in [9.17, 15) is 13.2 Å². The number of anilines is 1. The van der Waals surface area contributed by atoms with Crippen LogP contribution >= 0.6 is 0 Å². The predicted molar refractivity (Wildman–Crippen MR) is 114 cm³/mol. The fourth-order valence-electron chi connectivity index (χ4n) is 2.62. The van der Waals surface area contributed by atoms with Crippen molar-refractivity contribution in [1.29, 1.82) is 0 Å². The van der Waals surface area contributed by atoms with Gasteiger partial charge in [-0.3, -0.25) is 4.68 Å². The Morgan fingerprint density at radius 2 is 2.00 bits per heavy atom. The minimum atomic E-state index is -3.81. The Labute approximate surface area is 179 Å². The summed E-state index contributed by atoms with van der Waals surface area (Å²) in [4.78, 5) is 11.5. The molecule has 0 atom stereocenters. The van der Waals surface area contributed by atoms with Crippen molar-refractivity contribution in [2.45, 2.75) is 17.9 Å². The summed E-state index contributed by atoms with van der Waals surface area (Å²) in [5.74, 6) is 5.11. The van der Waals surface area contributed by atoms with Gasteiger partial charge in [0.05, 0.1) is 30.4 Å². The van der Waals surface area contributed by atoms with Crippen LogP contribution in [0.2, 0.25) is 0 Å². The number of benzene rings is 1. The van der Waals surface area contributed by atoms with E-state index < -0.39 is 16.0 Å². The van der Waals surface area contributed by atoms with E-state index in [1.807, 2.05) is 0 Å². The number of carbonyl (C=O) groups is 1. The fourth-order valence-corrected chi connectivity index (χ4v) is 3.94. The maximum absolute atomic E-state index is 12.7.